The second-order valence-electron chi connectivity index (χ2n) is 11.5. The minimum absolute atomic E-state index is 0.179. The van der Waals surface area contributed by atoms with Crippen LogP contribution in [0.4, 0.5) is 4.79 Å². The predicted molar refractivity (Wildman–Crippen MR) is 151 cm³/mol. The molecule has 10 heteroatoms. The monoisotopic (exact) mass is 552 g/mol. The van der Waals surface area contributed by atoms with Gasteiger partial charge in [-0.05, 0) is 65.0 Å². The average Bonchev–Trinajstić information content (AvgIpc) is 3.15. The van der Waals surface area contributed by atoms with Gasteiger partial charge in [-0.2, -0.15) is 0 Å². The number of imidazole rings is 1. The summed E-state index contributed by atoms with van der Waals surface area (Å²) in [5.41, 5.74) is 1.29. The molecule has 1 aromatic heterocycles. The van der Waals surface area contributed by atoms with E-state index in [9.17, 15) is 19.2 Å². The van der Waals surface area contributed by atoms with Crippen molar-refractivity contribution in [1.82, 2.24) is 19.4 Å². The SMILES string of the molecule is Cn1c(=O)n(C2CCC(=O)NC2=O)c2cccc(C#CCCCCCOC3CCN(C(=O)OC(C)(C)C)CC3)c21. The molecule has 1 N–H and O–H groups in total. The molecule has 2 saturated heterocycles. The van der Waals surface area contributed by atoms with Crippen LogP contribution < -0.4 is 11.0 Å². The number of ether oxygens (including phenoxy) is 2. The standard InChI is InChI=1S/C30H40N4O6/c1-30(2,3)40-29(38)33-18-16-22(17-19-33)39-20-9-7-5-6-8-11-21-12-10-13-23-26(21)32(4)28(37)34(23)24-14-15-25(35)31-27(24)36/h10,12-13,22,24H,5-7,9,14-20H2,1-4H3,(H,31,35,36). The molecule has 40 heavy (non-hydrogen) atoms. The lowest BCUT2D eigenvalue weighted by Gasteiger charge is -2.33. The number of para-hydroxylation sites is 1. The zero-order valence-electron chi connectivity index (χ0n) is 24.0. The first-order valence-corrected chi connectivity index (χ1v) is 14.2. The van der Waals surface area contributed by atoms with Crippen LogP contribution in [0.15, 0.2) is 23.0 Å². The molecule has 2 aromatic rings. The van der Waals surface area contributed by atoms with Gasteiger partial charge in [-0.25, -0.2) is 9.59 Å². The molecule has 10 nitrogen and oxygen atoms in total. The van der Waals surface area contributed by atoms with Gasteiger partial charge in [0.15, 0.2) is 0 Å². The highest BCUT2D eigenvalue weighted by molar-refractivity contribution is 6.00. The van der Waals surface area contributed by atoms with E-state index >= 15 is 0 Å². The van der Waals surface area contributed by atoms with Crippen molar-refractivity contribution >= 4 is 28.9 Å². The molecule has 4 rings (SSSR count). The molecular formula is C30H40N4O6. The first kappa shape index (κ1) is 29.4. The number of benzene rings is 1. The quantitative estimate of drug-likeness (QED) is 0.319. The third-order valence-corrected chi connectivity index (χ3v) is 7.24. The average molecular weight is 553 g/mol. The number of fused-ring (bicyclic) bond motifs is 1. The molecule has 2 aliphatic heterocycles. The molecule has 2 fully saturated rings. The lowest BCUT2D eigenvalue weighted by atomic mass is 10.1. The van der Waals surface area contributed by atoms with Crippen LogP contribution in [0, 0.1) is 11.8 Å². The number of aromatic nitrogens is 2. The van der Waals surface area contributed by atoms with Gasteiger partial charge in [-0.15, -0.1) is 0 Å². The number of rotatable bonds is 7. The number of unbranched alkanes of at least 4 members (excludes halogenated alkanes) is 3. The summed E-state index contributed by atoms with van der Waals surface area (Å²) in [7, 11) is 1.68. The highest BCUT2D eigenvalue weighted by Crippen LogP contribution is 2.25. The van der Waals surface area contributed by atoms with Gasteiger partial charge in [-0.1, -0.05) is 24.3 Å². The molecule has 216 valence electrons. The summed E-state index contributed by atoms with van der Waals surface area (Å²) in [6.07, 6.45) is 5.70. The Bertz CT molecular complexity index is 1360. The maximum absolute atomic E-state index is 13.0. The topological polar surface area (TPSA) is 112 Å². The van der Waals surface area contributed by atoms with Crippen molar-refractivity contribution < 1.29 is 23.9 Å². The summed E-state index contributed by atoms with van der Waals surface area (Å²) in [6.45, 7) is 7.63. The largest absolute Gasteiger partial charge is 0.444 e. The van der Waals surface area contributed by atoms with Crippen LogP contribution in [0.2, 0.25) is 0 Å². The zero-order valence-corrected chi connectivity index (χ0v) is 24.0. The molecule has 0 bridgehead atoms. The van der Waals surface area contributed by atoms with Gasteiger partial charge in [0, 0.05) is 39.6 Å². The Hall–Kier alpha value is -3.58. The third kappa shape index (κ3) is 7.13. The first-order valence-electron chi connectivity index (χ1n) is 14.2. The Morgan fingerprint density at radius 2 is 1.82 bits per heavy atom. The Balaban J connectivity index is 1.22. The highest BCUT2D eigenvalue weighted by Gasteiger charge is 2.31. The van der Waals surface area contributed by atoms with Gasteiger partial charge >= 0.3 is 11.8 Å². The lowest BCUT2D eigenvalue weighted by molar-refractivity contribution is -0.135. The number of nitrogens with one attached hydrogen (secondary N) is 1. The fourth-order valence-corrected chi connectivity index (χ4v) is 5.20. The number of amides is 3. The van der Waals surface area contributed by atoms with E-state index in [0.29, 0.717) is 37.2 Å². The van der Waals surface area contributed by atoms with Crippen LogP contribution >= 0.6 is 0 Å². The second kappa shape index (κ2) is 12.7. The molecule has 0 spiro atoms. The normalized spacial score (nSPS) is 18.4. The van der Waals surface area contributed by atoms with E-state index in [1.54, 1.807) is 11.9 Å². The molecule has 0 radical (unpaired) electrons. The molecule has 3 amide bonds. The molecule has 1 atom stereocenters. The number of hydrogen-bond donors (Lipinski definition) is 1. The number of aryl methyl sites for hydroxylation is 1. The van der Waals surface area contributed by atoms with Crippen molar-refractivity contribution in [1.29, 1.82) is 0 Å². The van der Waals surface area contributed by atoms with Crippen LogP contribution in [0.25, 0.3) is 11.0 Å². The molecule has 3 heterocycles. The van der Waals surface area contributed by atoms with E-state index < -0.39 is 17.6 Å². The summed E-state index contributed by atoms with van der Waals surface area (Å²) >= 11 is 0. The molecule has 2 aliphatic rings. The van der Waals surface area contributed by atoms with Crippen molar-refractivity contribution in [3.8, 4) is 11.8 Å². The van der Waals surface area contributed by atoms with E-state index in [-0.39, 0.29) is 30.2 Å². The first-order chi connectivity index (χ1) is 19.0. The van der Waals surface area contributed by atoms with Gasteiger partial charge < -0.3 is 14.4 Å². The minimum atomic E-state index is -0.711. The molecule has 0 saturated carbocycles. The Kier molecular flexibility index (Phi) is 9.36. The highest BCUT2D eigenvalue weighted by atomic mass is 16.6. The Labute approximate surface area is 235 Å². The van der Waals surface area contributed by atoms with Crippen molar-refractivity contribution in [2.75, 3.05) is 19.7 Å². The number of nitrogens with zero attached hydrogens (tertiary/aromatic N) is 3. The second-order valence-corrected chi connectivity index (χ2v) is 11.5. The fourth-order valence-electron chi connectivity index (χ4n) is 5.20. The summed E-state index contributed by atoms with van der Waals surface area (Å²) in [5.74, 6) is 5.68. The number of imide groups is 1. The lowest BCUT2D eigenvalue weighted by Crippen LogP contribution is -2.44. The summed E-state index contributed by atoms with van der Waals surface area (Å²) in [5, 5.41) is 2.33. The van der Waals surface area contributed by atoms with Crippen molar-refractivity contribution in [3.63, 3.8) is 0 Å². The molecular weight excluding hydrogens is 512 g/mol. The van der Waals surface area contributed by atoms with Gasteiger partial charge in [0.2, 0.25) is 11.8 Å². The van der Waals surface area contributed by atoms with Crippen LogP contribution in [0.1, 0.15) is 83.7 Å². The van der Waals surface area contributed by atoms with Crippen LogP contribution in [-0.2, 0) is 26.1 Å². The van der Waals surface area contributed by atoms with E-state index in [4.69, 9.17) is 9.47 Å². The number of likely N-dealkylation sites (tertiary alicyclic amines) is 1. The maximum atomic E-state index is 13.0. The van der Waals surface area contributed by atoms with Gasteiger partial charge in [0.05, 0.1) is 22.7 Å². The summed E-state index contributed by atoms with van der Waals surface area (Å²) < 4.78 is 14.5. The van der Waals surface area contributed by atoms with Crippen molar-refractivity contribution in [2.24, 2.45) is 7.05 Å². The number of piperidine rings is 2. The Morgan fingerprint density at radius 3 is 2.52 bits per heavy atom. The fraction of sp³-hybridized carbons (Fsp3) is 0.600. The van der Waals surface area contributed by atoms with Crippen LogP contribution in [-0.4, -0.2) is 63.3 Å². The minimum Gasteiger partial charge on any atom is -0.444 e. The van der Waals surface area contributed by atoms with Crippen molar-refractivity contribution in [2.45, 2.75) is 89.9 Å². The number of carbonyl (C=O) groups is 3. The number of carbonyl (C=O) groups excluding carboxylic acids is 3. The predicted octanol–water partition coefficient (Wildman–Crippen LogP) is 3.65. The molecule has 1 unspecified atom stereocenters. The summed E-state index contributed by atoms with van der Waals surface area (Å²) in [4.78, 5) is 51.0. The van der Waals surface area contributed by atoms with E-state index in [1.165, 1.54) is 9.13 Å². The van der Waals surface area contributed by atoms with Gasteiger partial charge in [0.1, 0.15) is 11.6 Å². The van der Waals surface area contributed by atoms with E-state index in [1.807, 2.05) is 39.0 Å². The van der Waals surface area contributed by atoms with Gasteiger partial charge in [0.25, 0.3) is 0 Å². The van der Waals surface area contributed by atoms with Gasteiger partial charge in [-0.3, -0.25) is 24.0 Å². The zero-order chi connectivity index (χ0) is 28.9. The molecule has 0 aliphatic carbocycles. The van der Waals surface area contributed by atoms with E-state index in [0.717, 1.165) is 44.1 Å². The molecule has 1 aromatic carbocycles. The van der Waals surface area contributed by atoms with Crippen LogP contribution in [0.3, 0.4) is 0 Å². The van der Waals surface area contributed by atoms with Crippen LogP contribution in [0.5, 0.6) is 0 Å². The Morgan fingerprint density at radius 1 is 1.07 bits per heavy atom. The smallest absolute Gasteiger partial charge is 0.410 e. The third-order valence-electron chi connectivity index (χ3n) is 7.24. The van der Waals surface area contributed by atoms with Crippen molar-refractivity contribution in [3.05, 3.63) is 34.2 Å². The van der Waals surface area contributed by atoms with E-state index in [2.05, 4.69) is 17.2 Å². The maximum Gasteiger partial charge on any atom is 0.410 e. The summed E-state index contributed by atoms with van der Waals surface area (Å²) in [6, 6.07) is 4.82. The number of hydrogen-bond acceptors (Lipinski definition) is 6.